The second-order valence-electron chi connectivity index (χ2n) is 9.71. The first-order chi connectivity index (χ1) is 14.6. The van der Waals surface area contributed by atoms with Crippen LogP contribution in [0.1, 0.15) is 67.6 Å². The van der Waals surface area contributed by atoms with Crippen LogP contribution in [0, 0.1) is 12.3 Å². The van der Waals surface area contributed by atoms with E-state index in [0.29, 0.717) is 19.0 Å². The molecule has 4 N–H and O–H groups in total. The number of nitrogens with zero attached hydrogens (tertiary/aromatic N) is 1. The van der Waals surface area contributed by atoms with Crippen LogP contribution in [0.15, 0.2) is 36.6 Å². The van der Waals surface area contributed by atoms with E-state index in [1.165, 1.54) is 0 Å². The lowest BCUT2D eigenvalue weighted by molar-refractivity contribution is -0.114. The van der Waals surface area contributed by atoms with Gasteiger partial charge in [-0.1, -0.05) is 20.4 Å². The van der Waals surface area contributed by atoms with Gasteiger partial charge in [-0.15, -0.1) is 0 Å². The normalized spacial score (nSPS) is 23.7. The number of aliphatic hydroxyl groups is 1. The number of ketones is 1. The summed E-state index contributed by atoms with van der Waals surface area (Å²) in [7, 11) is 0. The summed E-state index contributed by atoms with van der Waals surface area (Å²) in [5.74, 6) is -0.372. The van der Waals surface area contributed by atoms with E-state index in [2.05, 4.69) is 36.4 Å². The third kappa shape index (κ3) is 5.63. The predicted molar refractivity (Wildman–Crippen MR) is 124 cm³/mol. The van der Waals surface area contributed by atoms with Crippen LogP contribution in [0.3, 0.4) is 0 Å². The monoisotopic (exact) mass is 425 g/mol. The Balaban J connectivity index is 1.90. The fraction of sp³-hybridized carbons (Fsp3) is 0.520. The lowest BCUT2D eigenvalue weighted by Gasteiger charge is -2.30. The number of aliphatic hydroxyl groups excluding tert-OH is 1. The highest BCUT2D eigenvalue weighted by molar-refractivity contribution is 6.00. The van der Waals surface area contributed by atoms with Gasteiger partial charge in [-0.3, -0.25) is 9.59 Å². The molecule has 0 spiro atoms. The summed E-state index contributed by atoms with van der Waals surface area (Å²) >= 11 is 0. The molecule has 0 unspecified atom stereocenters. The van der Waals surface area contributed by atoms with Crippen LogP contribution in [0.4, 0.5) is 0 Å². The van der Waals surface area contributed by atoms with Crippen LogP contribution in [-0.2, 0) is 11.2 Å². The van der Waals surface area contributed by atoms with Crippen molar-refractivity contribution in [1.82, 2.24) is 9.88 Å². The van der Waals surface area contributed by atoms with Gasteiger partial charge < -0.3 is 20.7 Å². The summed E-state index contributed by atoms with van der Waals surface area (Å²) in [6.45, 7) is 10.6. The first-order valence-corrected chi connectivity index (χ1v) is 11.1. The molecule has 0 atom stereocenters. The molecule has 31 heavy (non-hydrogen) atoms. The second kappa shape index (κ2) is 9.37. The van der Waals surface area contributed by atoms with E-state index in [1.807, 2.05) is 19.2 Å². The smallest absolute Gasteiger partial charge is 0.248 e. The van der Waals surface area contributed by atoms with Gasteiger partial charge in [0.25, 0.3) is 0 Å². The number of nitrogens with two attached hydrogens (primary N) is 1. The van der Waals surface area contributed by atoms with Gasteiger partial charge in [-0.2, -0.15) is 0 Å². The number of hydrogen-bond donors (Lipinski definition) is 3. The Morgan fingerprint density at radius 3 is 2.61 bits per heavy atom. The topological polar surface area (TPSA) is 97.3 Å². The van der Waals surface area contributed by atoms with Gasteiger partial charge in [0, 0.05) is 47.7 Å². The van der Waals surface area contributed by atoms with E-state index >= 15 is 0 Å². The first-order valence-electron chi connectivity index (χ1n) is 11.1. The molecule has 0 radical (unpaired) electrons. The minimum absolute atomic E-state index is 0.0978. The molecule has 1 aromatic rings. The van der Waals surface area contributed by atoms with Crippen LogP contribution >= 0.6 is 0 Å². The molecule has 1 aromatic heterocycles. The highest BCUT2D eigenvalue weighted by atomic mass is 16.3. The van der Waals surface area contributed by atoms with Gasteiger partial charge in [0.15, 0.2) is 5.78 Å². The van der Waals surface area contributed by atoms with Gasteiger partial charge in [0.05, 0.1) is 6.10 Å². The fourth-order valence-electron chi connectivity index (χ4n) is 4.63. The zero-order chi connectivity index (χ0) is 22.8. The predicted octanol–water partition coefficient (Wildman–Crippen LogP) is 3.28. The maximum Gasteiger partial charge on any atom is 0.248 e. The Bertz CT molecular complexity index is 928. The van der Waals surface area contributed by atoms with Crippen LogP contribution in [-0.4, -0.2) is 40.1 Å². The van der Waals surface area contributed by atoms with Crippen molar-refractivity contribution in [3.05, 3.63) is 53.4 Å². The summed E-state index contributed by atoms with van der Waals surface area (Å²) in [5, 5.41) is 13.3. The molecule has 1 amide bonds. The maximum atomic E-state index is 12.8. The highest BCUT2D eigenvalue weighted by Crippen LogP contribution is 2.38. The molecular weight excluding hydrogens is 390 g/mol. The number of rotatable bonds is 7. The molecule has 2 aliphatic rings. The summed E-state index contributed by atoms with van der Waals surface area (Å²) in [6.07, 6.45) is 12.3. The van der Waals surface area contributed by atoms with Crippen molar-refractivity contribution in [1.29, 1.82) is 0 Å². The number of allylic oxidation sites excluding steroid dienone is 2. The van der Waals surface area contributed by atoms with Gasteiger partial charge in [-0.25, -0.2) is 0 Å². The van der Waals surface area contributed by atoms with E-state index in [9.17, 15) is 14.7 Å². The molecule has 2 aliphatic carbocycles. The second-order valence-corrected chi connectivity index (χ2v) is 9.71. The minimum atomic E-state index is -0.559. The van der Waals surface area contributed by atoms with Gasteiger partial charge in [0.1, 0.15) is 0 Å². The van der Waals surface area contributed by atoms with Crippen LogP contribution in [0.2, 0.25) is 0 Å². The van der Waals surface area contributed by atoms with Gasteiger partial charge >= 0.3 is 0 Å². The number of hydrogen-bond acceptors (Lipinski definition) is 4. The number of carbonyl (C=O) groups excluding carboxylic acids is 2. The van der Waals surface area contributed by atoms with Crippen molar-refractivity contribution in [2.45, 2.75) is 71.4 Å². The molecule has 6 heteroatoms. The number of Topliss-reactive ketones (excluding diaryl/α,β-unsaturated/α-hetero) is 1. The molecule has 1 fully saturated rings. The molecule has 0 aliphatic heterocycles. The number of aryl methyl sites for hydroxylation is 1. The van der Waals surface area contributed by atoms with Gasteiger partial charge in [0.2, 0.25) is 5.91 Å². The molecule has 1 heterocycles. The average Bonchev–Trinajstić information content (AvgIpc) is 3.00. The Morgan fingerprint density at radius 1 is 1.29 bits per heavy atom. The highest BCUT2D eigenvalue weighted by Gasteiger charge is 2.34. The van der Waals surface area contributed by atoms with E-state index < -0.39 is 5.91 Å². The summed E-state index contributed by atoms with van der Waals surface area (Å²) in [4.78, 5) is 24.2. The number of amides is 1. The van der Waals surface area contributed by atoms with Crippen molar-refractivity contribution in [3.8, 4) is 0 Å². The largest absolute Gasteiger partial charge is 0.393 e. The third-order valence-electron chi connectivity index (χ3n) is 6.32. The van der Waals surface area contributed by atoms with Crippen molar-refractivity contribution in [2.24, 2.45) is 11.1 Å². The molecule has 1 saturated carbocycles. The SMILES string of the molecule is C=C(/C=C\C(=C/CNC1CCC(O)CC1)n1cc(C)c2c1CC(C)(C)CC2=O)C(N)=O. The molecule has 168 valence electrons. The molecule has 0 saturated heterocycles. The molecule has 0 aromatic carbocycles. The lowest BCUT2D eigenvalue weighted by Crippen LogP contribution is -2.34. The number of fused-ring (bicyclic) bond motifs is 1. The van der Waals surface area contributed by atoms with Crippen LogP contribution in [0.5, 0.6) is 0 Å². The lowest BCUT2D eigenvalue weighted by atomic mass is 9.75. The summed E-state index contributed by atoms with van der Waals surface area (Å²) in [6, 6.07) is 0.381. The quantitative estimate of drug-likeness (QED) is 0.461. The van der Waals surface area contributed by atoms with E-state index in [-0.39, 0.29) is 22.9 Å². The van der Waals surface area contributed by atoms with E-state index in [1.54, 1.807) is 6.08 Å². The van der Waals surface area contributed by atoms with Crippen LogP contribution < -0.4 is 11.1 Å². The Labute approximate surface area is 184 Å². The van der Waals surface area contributed by atoms with E-state index in [4.69, 9.17) is 5.73 Å². The number of aromatic nitrogens is 1. The third-order valence-corrected chi connectivity index (χ3v) is 6.32. The number of carbonyl (C=O) groups is 2. The van der Waals surface area contributed by atoms with Crippen molar-refractivity contribution < 1.29 is 14.7 Å². The van der Waals surface area contributed by atoms with Crippen molar-refractivity contribution in [2.75, 3.05) is 6.54 Å². The molecular formula is C25H35N3O3. The first kappa shape index (κ1) is 23.2. The average molecular weight is 426 g/mol. The summed E-state index contributed by atoms with van der Waals surface area (Å²) in [5.41, 5.74) is 9.16. The Morgan fingerprint density at radius 2 is 1.97 bits per heavy atom. The summed E-state index contributed by atoms with van der Waals surface area (Å²) < 4.78 is 2.07. The fourth-order valence-corrected chi connectivity index (χ4v) is 4.63. The standard InChI is InChI=1S/C25H35N3O3/c1-16(24(26)31)5-8-19(11-12-27-18-6-9-20(29)10-7-18)28-15-17(2)23-21(28)13-25(3,4)14-22(23)30/h5,8,11,15,18,20,27,29H,1,6-7,9-10,12-14H2,2-4H3,(H2,26,31)/b8-5-,19-11+. The minimum Gasteiger partial charge on any atom is -0.393 e. The van der Waals surface area contributed by atoms with Gasteiger partial charge in [-0.05, 0) is 68.2 Å². The Hall–Kier alpha value is -2.44. The van der Waals surface area contributed by atoms with Crippen LogP contribution in [0.25, 0.3) is 5.70 Å². The molecule has 6 nitrogen and oxygen atoms in total. The Kier molecular flexibility index (Phi) is 7.02. The van der Waals surface area contributed by atoms with E-state index in [0.717, 1.165) is 54.6 Å². The zero-order valence-corrected chi connectivity index (χ0v) is 18.9. The molecule has 3 rings (SSSR count). The zero-order valence-electron chi connectivity index (χ0n) is 18.9. The number of nitrogens with one attached hydrogen (secondary N) is 1. The number of primary amides is 1. The van der Waals surface area contributed by atoms with Crippen molar-refractivity contribution >= 4 is 17.4 Å². The van der Waals surface area contributed by atoms with Crippen molar-refractivity contribution in [3.63, 3.8) is 0 Å². The molecule has 0 bridgehead atoms. The maximum absolute atomic E-state index is 12.8.